The lowest BCUT2D eigenvalue weighted by Gasteiger charge is -2.09. The molecule has 0 aromatic rings. The summed E-state index contributed by atoms with van der Waals surface area (Å²) in [6.07, 6.45) is 2.46. The molecule has 1 radical (unpaired) electrons. The highest BCUT2D eigenvalue weighted by atomic mass is 16.5. The molecule has 0 fully saturated rings. The zero-order valence-corrected chi connectivity index (χ0v) is 7.80. The molecule has 2 nitrogen and oxygen atoms in total. The maximum Gasteiger partial charge on any atom is 0.109 e. The summed E-state index contributed by atoms with van der Waals surface area (Å²) in [4.78, 5) is 0. The van der Waals surface area contributed by atoms with Crippen LogP contribution in [0.15, 0.2) is 0 Å². The normalized spacial score (nSPS) is 13.4. The van der Waals surface area contributed by atoms with Crippen molar-refractivity contribution in [1.29, 1.82) is 0 Å². The van der Waals surface area contributed by atoms with Crippen LogP contribution in [-0.2, 0) is 9.47 Å². The van der Waals surface area contributed by atoms with E-state index in [4.69, 9.17) is 9.47 Å². The Balaban J connectivity index is 2.89. The van der Waals surface area contributed by atoms with Crippen LogP contribution >= 0.6 is 0 Å². The average molecular weight is 159 g/mol. The Labute approximate surface area is 69.9 Å². The third-order valence-electron chi connectivity index (χ3n) is 1.46. The zero-order chi connectivity index (χ0) is 8.53. The molecule has 0 amide bonds. The number of ether oxygens (including phenoxy) is 2. The summed E-state index contributed by atoms with van der Waals surface area (Å²) < 4.78 is 10.5. The fraction of sp³-hybridized carbons (Fsp3) is 0.889. The highest BCUT2D eigenvalue weighted by Gasteiger charge is 1.96. The lowest BCUT2D eigenvalue weighted by molar-refractivity contribution is 0.0422. The first kappa shape index (κ1) is 10.9. The minimum absolute atomic E-state index is 0.344. The van der Waals surface area contributed by atoms with Crippen LogP contribution in [0.2, 0.25) is 0 Å². The van der Waals surface area contributed by atoms with Gasteiger partial charge in [0.15, 0.2) is 0 Å². The molecule has 1 unspecified atom stereocenters. The Hall–Kier alpha value is -0.0800. The van der Waals surface area contributed by atoms with E-state index in [9.17, 15) is 0 Å². The Kier molecular flexibility index (Phi) is 7.96. The maximum absolute atomic E-state index is 5.36. The van der Waals surface area contributed by atoms with E-state index in [0.29, 0.717) is 12.7 Å². The Morgan fingerprint density at radius 1 is 1.36 bits per heavy atom. The van der Waals surface area contributed by atoms with Gasteiger partial charge in [0.25, 0.3) is 0 Å². The standard InChI is InChI=1S/C9H19O2/c1-4-6-10-7-8-11-9(3)5-2/h7,9H,4-6,8H2,1-3H3. The van der Waals surface area contributed by atoms with E-state index in [0.717, 1.165) is 19.4 Å². The predicted octanol–water partition coefficient (Wildman–Crippen LogP) is 2.39. The van der Waals surface area contributed by atoms with Gasteiger partial charge in [-0.2, -0.15) is 0 Å². The second kappa shape index (κ2) is 8.02. The second-order valence-corrected chi connectivity index (χ2v) is 2.59. The highest BCUT2D eigenvalue weighted by Crippen LogP contribution is 1.96. The molecular weight excluding hydrogens is 140 g/mol. The molecule has 2 heteroatoms. The summed E-state index contributed by atoms with van der Waals surface area (Å²) in [6.45, 7) is 9.39. The molecule has 0 heterocycles. The monoisotopic (exact) mass is 159 g/mol. The Morgan fingerprint density at radius 3 is 2.64 bits per heavy atom. The molecule has 0 spiro atoms. The molecule has 67 valence electrons. The topological polar surface area (TPSA) is 18.5 Å². The molecule has 0 N–H and O–H groups in total. The smallest absolute Gasteiger partial charge is 0.109 e. The van der Waals surface area contributed by atoms with Gasteiger partial charge < -0.3 is 9.47 Å². The van der Waals surface area contributed by atoms with Gasteiger partial charge in [0.2, 0.25) is 0 Å². The molecular formula is C9H19O2. The summed E-state index contributed by atoms with van der Waals surface area (Å²) in [5.74, 6) is 0. The highest BCUT2D eigenvalue weighted by molar-refractivity contribution is 4.50. The van der Waals surface area contributed by atoms with Crippen LogP contribution in [0, 0.1) is 6.61 Å². The van der Waals surface area contributed by atoms with E-state index in [1.54, 1.807) is 6.61 Å². The minimum Gasteiger partial charge on any atom is -0.376 e. The van der Waals surface area contributed by atoms with Crippen molar-refractivity contribution in [3.8, 4) is 0 Å². The Morgan fingerprint density at radius 2 is 2.09 bits per heavy atom. The summed E-state index contributed by atoms with van der Waals surface area (Å²) in [6, 6.07) is 0. The van der Waals surface area contributed by atoms with E-state index in [2.05, 4.69) is 20.8 Å². The molecule has 0 aliphatic heterocycles. The maximum atomic E-state index is 5.36. The lowest BCUT2D eigenvalue weighted by Crippen LogP contribution is -2.08. The van der Waals surface area contributed by atoms with Gasteiger partial charge in [-0.25, -0.2) is 0 Å². The van der Waals surface area contributed by atoms with E-state index < -0.39 is 0 Å². The van der Waals surface area contributed by atoms with Gasteiger partial charge in [-0.1, -0.05) is 13.8 Å². The molecule has 0 saturated carbocycles. The van der Waals surface area contributed by atoms with Crippen molar-refractivity contribution < 1.29 is 9.47 Å². The minimum atomic E-state index is 0.344. The molecule has 0 aliphatic carbocycles. The average Bonchev–Trinajstić information content (AvgIpc) is 2.04. The Bertz CT molecular complexity index is 74.0. The van der Waals surface area contributed by atoms with Crippen molar-refractivity contribution in [2.45, 2.75) is 39.7 Å². The lowest BCUT2D eigenvalue weighted by atomic mass is 10.3. The van der Waals surface area contributed by atoms with E-state index in [1.807, 2.05) is 0 Å². The van der Waals surface area contributed by atoms with Gasteiger partial charge in [0.05, 0.1) is 12.7 Å². The molecule has 0 aromatic heterocycles. The molecule has 0 aliphatic rings. The van der Waals surface area contributed by atoms with Crippen LogP contribution in [0.5, 0.6) is 0 Å². The first-order valence-corrected chi connectivity index (χ1v) is 4.36. The third-order valence-corrected chi connectivity index (χ3v) is 1.46. The van der Waals surface area contributed by atoms with Crippen molar-refractivity contribution >= 4 is 0 Å². The molecule has 0 bridgehead atoms. The van der Waals surface area contributed by atoms with Crippen molar-refractivity contribution in [3.05, 3.63) is 6.61 Å². The van der Waals surface area contributed by atoms with Crippen LogP contribution < -0.4 is 0 Å². The molecule has 11 heavy (non-hydrogen) atoms. The van der Waals surface area contributed by atoms with E-state index in [-0.39, 0.29) is 0 Å². The van der Waals surface area contributed by atoms with Crippen LogP contribution in [-0.4, -0.2) is 19.3 Å². The summed E-state index contributed by atoms with van der Waals surface area (Å²) in [5.41, 5.74) is 0. The van der Waals surface area contributed by atoms with Crippen molar-refractivity contribution in [2.24, 2.45) is 0 Å². The molecule has 0 aromatic carbocycles. The fourth-order valence-corrected chi connectivity index (χ4v) is 0.571. The number of hydrogen-bond donors (Lipinski definition) is 0. The molecule has 1 atom stereocenters. The van der Waals surface area contributed by atoms with Gasteiger partial charge in [-0.15, -0.1) is 0 Å². The van der Waals surface area contributed by atoms with Gasteiger partial charge >= 0.3 is 0 Å². The quantitative estimate of drug-likeness (QED) is 0.531. The number of hydrogen-bond acceptors (Lipinski definition) is 2. The fourth-order valence-electron chi connectivity index (χ4n) is 0.571. The third kappa shape index (κ3) is 7.82. The molecule has 0 saturated heterocycles. The molecule has 0 rings (SSSR count). The van der Waals surface area contributed by atoms with E-state index >= 15 is 0 Å². The van der Waals surface area contributed by atoms with Crippen molar-refractivity contribution in [1.82, 2.24) is 0 Å². The van der Waals surface area contributed by atoms with Crippen molar-refractivity contribution in [2.75, 3.05) is 13.2 Å². The first-order chi connectivity index (χ1) is 5.31. The van der Waals surface area contributed by atoms with Gasteiger partial charge in [-0.05, 0) is 19.8 Å². The summed E-state index contributed by atoms with van der Waals surface area (Å²) in [5, 5.41) is 0. The van der Waals surface area contributed by atoms with Crippen LogP contribution in [0.1, 0.15) is 33.6 Å². The predicted molar refractivity (Wildman–Crippen MR) is 46.2 cm³/mol. The van der Waals surface area contributed by atoms with Gasteiger partial charge in [-0.3, -0.25) is 0 Å². The van der Waals surface area contributed by atoms with Crippen LogP contribution in [0.3, 0.4) is 0 Å². The number of rotatable bonds is 7. The van der Waals surface area contributed by atoms with Gasteiger partial charge in [0, 0.05) is 6.61 Å². The van der Waals surface area contributed by atoms with Crippen LogP contribution in [0.4, 0.5) is 0 Å². The largest absolute Gasteiger partial charge is 0.376 e. The van der Waals surface area contributed by atoms with E-state index in [1.165, 1.54) is 0 Å². The summed E-state index contributed by atoms with van der Waals surface area (Å²) in [7, 11) is 0. The van der Waals surface area contributed by atoms with Gasteiger partial charge in [0.1, 0.15) is 6.61 Å². The van der Waals surface area contributed by atoms with Crippen LogP contribution in [0.25, 0.3) is 0 Å². The SMILES string of the molecule is CCCO[CH]COC(C)CC. The zero-order valence-electron chi connectivity index (χ0n) is 7.80. The first-order valence-electron chi connectivity index (χ1n) is 4.36. The van der Waals surface area contributed by atoms with Crippen molar-refractivity contribution in [3.63, 3.8) is 0 Å². The second-order valence-electron chi connectivity index (χ2n) is 2.59. The summed E-state index contributed by atoms with van der Waals surface area (Å²) >= 11 is 0.